The zero-order chi connectivity index (χ0) is 20.1. The van der Waals surface area contributed by atoms with Gasteiger partial charge in [-0.3, -0.25) is 4.68 Å². The van der Waals surface area contributed by atoms with Gasteiger partial charge in [-0.2, -0.15) is 13.9 Å². The smallest absolute Gasteiger partial charge is 0.387 e. The molecular formula is C19H17F3N4OS. The molecule has 2 N–H and O–H groups in total. The van der Waals surface area contributed by atoms with Gasteiger partial charge in [-0.25, -0.2) is 4.39 Å². The highest BCUT2D eigenvalue weighted by atomic mass is 32.1. The Morgan fingerprint density at radius 2 is 1.96 bits per heavy atom. The second-order valence-corrected chi connectivity index (χ2v) is 6.36. The average Bonchev–Trinajstić information content (AvgIpc) is 3.06. The molecule has 1 heterocycles. The lowest BCUT2D eigenvalue weighted by atomic mass is 10.2. The van der Waals surface area contributed by atoms with E-state index in [1.807, 2.05) is 0 Å². The predicted octanol–water partition coefficient (Wildman–Crippen LogP) is 4.79. The SMILES string of the molecule is Cc1ccc(NC(=S)Nc2ccn(Cc3ccccc3F)n2)c(OC(F)F)c1. The Bertz CT molecular complexity index is 977. The van der Waals surface area contributed by atoms with Crippen LogP contribution in [-0.2, 0) is 6.54 Å². The van der Waals surface area contributed by atoms with Crippen molar-refractivity contribution in [1.29, 1.82) is 0 Å². The van der Waals surface area contributed by atoms with Crippen LogP contribution in [0.25, 0.3) is 0 Å². The molecule has 0 fully saturated rings. The fourth-order valence-electron chi connectivity index (χ4n) is 2.51. The minimum Gasteiger partial charge on any atom is -0.433 e. The molecule has 0 bridgehead atoms. The molecule has 0 radical (unpaired) electrons. The third-order valence-electron chi connectivity index (χ3n) is 3.77. The first-order valence-corrected chi connectivity index (χ1v) is 8.72. The first kappa shape index (κ1) is 19.7. The first-order valence-electron chi connectivity index (χ1n) is 8.31. The van der Waals surface area contributed by atoms with E-state index in [-0.39, 0.29) is 23.2 Å². The Labute approximate surface area is 165 Å². The number of nitrogens with zero attached hydrogens (tertiary/aromatic N) is 2. The number of aromatic nitrogens is 2. The molecule has 0 saturated heterocycles. The van der Waals surface area contributed by atoms with Gasteiger partial charge in [-0.05, 0) is 42.9 Å². The van der Waals surface area contributed by atoms with E-state index in [1.54, 1.807) is 54.2 Å². The van der Waals surface area contributed by atoms with Crippen LogP contribution in [0.3, 0.4) is 0 Å². The first-order chi connectivity index (χ1) is 13.4. The molecule has 0 spiro atoms. The molecule has 0 saturated carbocycles. The molecule has 0 aliphatic carbocycles. The average molecular weight is 406 g/mol. The maximum Gasteiger partial charge on any atom is 0.387 e. The summed E-state index contributed by atoms with van der Waals surface area (Å²) in [6, 6.07) is 12.9. The lowest BCUT2D eigenvalue weighted by Gasteiger charge is -2.14. The second kappa shape index (κ2) is 8.75. The van der Waals surface area contributed by atoms with Crippen LogP contribution in [0.1, 0.15) is 11.1 Å². The number of aryl methyl sites for hydroxylation is 1. The monoisotopic (exact) mass is 406 g/mol. The summed E-state index contributed by atoms with van der Waals surface area (Å²) in [5.74, 6) is 0.108. The summed E-state index contributed by atoms with van der Waals surface area (Å²) >= 11 is 5.21. The van der Waals surface area contributed by atoms with E-state index in [4.69, 9.17) is 12.2 Å². The van der Waals surface area contributed by atoms with E-state index >= 15 is 0 Å². The molecule has 5 nitrogen and oxygen atoms in total. The van der Waals surface area contributed by atoms with Crippen molar-refractivity contribution in [2.24, 2.45) is 0 Å². The lowest BCUT2D eigenvalue weighted by molar-refractivity contribution is -0.0493. The fraction of sp³-hybridized carbons (Fsp3) is 0.158. The van der Waals surface area contributed by atoms with Crippen molar-refractivity contribution in [2.45, 2.75) is 20.1 Å². The zero-order valence-corrected chi connectivity index (χ0v) is 15.6. The normalized spacial score (nSPS) is 10.8. The predicted molar refractivity (Wildman–Crippen MR) is 105 cm³/mol. The number of hydrogen-bond acceptors (Lipinski definition) is 3. The minimum atomic E-state index is -2.95. The number of thiocarbonyl (C=S) groups is 1. The molecule has 3 aromatic rings. The third kappa shape index (κ3) is 5.23. The largest absolute Gasteiger partial charge is 0.433 e. The molecule has 1 aromatic heterocycles. The quantitative estimate of drug-likeness (QED) is 0.577. The van der Waals surface area contributed by atoms with E-state index in [0.717, 1.165) is 5.56 Å². The number of hydrogen-bond donors (Lipinski definition) is 2. The number of benzene rings is 2. The van der Waals surface area contributed by atoms with Gasteiger partial charge in [0, 0.05) is 17.8 Å². The van der Waals surface area contributed by atoms with Gasteiger partial charge in [0.05, 0.1) is 12.2 Å². The van der Waals surface area contributed by atoms with Gasteiger partial charge >= 0.3 is 6.61 Å². The number of ether oxygens (including phenoxy) is 1. The maximum atomic E-state index is 13.7. The minimum absolute atomic E-state index is 0.00997. The molecule has 9 heteroatoms. The van der Waals surface area contributed by atoms with Crippen LogP contribution >= 0.6 is 12.2 Å². The van der Waals surface area contributed by atoms with Gasteiger partial charge in [0.25, 0.3) is 0 Å². The molecule has 0 aliphatic heterocycles. The second-order valence-electron chi connectivity index (χ2n) is 5.95. The summed E-state index contributed by atoms with van der Waals surface area (Å²) in [6.07, 6.45) is 1.68. The van der Waals surface area contributed by atoms with Crippen LogP contribution in [0.5, 0.6) is 5.75 Å². The van der Waals surface area contributed by atoms with Crippen LogP contribution in [-0.4, -0.2) is 21.5 Å². The lowest BCUT2D eigenvalue weighted by Crippen LogP contribution is -2.20. The Morgan fingerprint density at radius 3 is 2.71 bits per heavy atom. The Balaban J connectivity index is 1.65. The maximum absolute atomic E-state index is 13.7. The van der Waals surface area contributed by atoms with Crippen molar-refractivity contribution < 1.29 is 17.9 Å². The van der Waals surface area contributed by atoms with Gasteiger partial charge in [0.2, 0.25) is 0 Å². The molecule has 0 atom stereocenters. The van der Waals surface area contributed by atoms with Gasteiger partial charge < -0.3 is 15.4 Å². The van der Waals surface area contributed by atoms with Crippen molar-refractivity contribution in [3.8, 4) is 5.75 Å². The summed E-state index contributed by atoms with van der Waals surface area (Å²) in [5.41, 5.74) is 1.58. The van der Waals surface area contributed by atoms with Gasteiger partial charge in [0.15, 0.2) is 10.9 Å². The van der Waals surface area contributed by atoms with Crippen molar-refractivity contribution in [3.63, 3.8) is 0 Å². The molecule has 3 rings (SSSR count). The van der Waals surface area contributed by atoms with Gasteiger partial charge in [-0.15, -0.1) is 0 Å². The van der Waals surface area contributed by atoms with E-state index in [0.29, 0.717) is 17.1 Å². The Hall–Kier alpha value is -3.07. The van der Waals surface area contributed by atoms with Crippen LogP contribution < -0.4 is 15.4 Å². The van der Waals surface area contributed by atoms with Gasteiger partial charge in [-0.1, -0.05) is 24.3 Å². The standard InChI is InChI=1S/C19H17F3N4OS/c1-12-6-7-15(16(10-12)27-18(21)22)23-19(28)24-17-8-9-26(25-17)11-13-4-2-3-5-14(13)20/h2-10,18H,11H2,1H3,(H2,23,24,25,28). The van der Waals surface area contributed by atoms with Crippen LogP contribution in [0.4, 0.5) is 24.7 Å². The molecule has 2 aromatic carbocycles. The van der Waals surface area contributed by atoms with E-state index in [9.17, 15) is 13.2 Å². The molecule has 0 amide bonds. The summed E-state index contributed by atoms with van der Waals surface area (Å²) in [5, 5.41) is 10.1. The Kier molecular flexibility index (Phi) is 6.15. The van der Waals surface area contributed by atoms with E-state index in [1.165, 1.54) is 12.1 Å². The summed E-state index contributed by atoms with van der Waals surface area (Å²) < 4.78 is 45.0. The molecule has 0 unspecified atom stereocenters. The molecular weight excluding hydrogens is 389 g/mol. The number of nitrogens with one attached hydrogen (secondary N) is 2. The molecule has 146 valence electrons. The fourth-order valence-corrected chi connectivity index (χ4v) is 2.73. The molecule has 28 heavy (non-hydrogen) atoms. The number of rotatable bonds is 6. The highest BCUT2D eigenvalue weighted by molar-refractivity contribution is 7.80. The third-order valence-corrected chi connectivity index (χ3v) is 3.98. The van der Waals surface area contributed by atoms with Crippen LogP contribution in [0.2, 0.25) is 0 Å². The number of halogens is 3. The van der Waals surface area contributed by atoms with Crippen molar-refractivity contribution in [2.75, 3.05) is 10.6 Å². The van der Waals surface area contributed by atoms with Crippen LogP contribution in [0.15, 0.2) is 54.7 Å². The summed E-state index contributed by atoms with van der Waals surface area (Å²) in [4.78, 5) is 0. The van der Waals surface area contributed by atoms with Crippen LogP contribution in [0, 0.1) is 12.7 Å². The van der Waals surface area contributed by atoms with E-state index in [2.05, 4.69) is 20.5 Å². The van der Waals surface area contributed by atoms with Gasteiger partial charge in [0.1, 0.15) is 11.6 Å². The summed E-state index contributed by atoms with van der Waals surface area (Å²) in [6.45, 7) is -0.919. The number of anilines is 2. The van der Waals surface area contributed by atoms with Crippen molar-refractivity contribution in [3.05, 3.63) is 71.7 Å². The van der Waals surface area contributed by atoms with Crippen molar-refractivity contribution in [1.82, 2.24) is 9.78 Å². The summed E-state index contributed by atoms with van der Waals surface area (Å²) in [7, 11) is 0. The zero-order valence-electron chi connectivity index (χ0n) is 14.8. The highest BCUT2D eigenvalue weighted by Gasteiger charge is 2.12. The highest BCUT2D eigenvalue weighted by Crippen LogP contribution is 2.27. The topological polar surface area (TPSA) is 51.1 Å². The molecule has 0 aliphatic rings. The Morgan fingerprint density at radius 1 is 1.18 bits per heavy atom. The van der Waals surface area contributed by atoms with Crippen molar-refractivity contribution >= 4 is 28.8 Å². The number of alkyl halides is 2. The van der Waals surface area contributed by atoms with E-state index < -0.39 is 6.61 Å².